The van der Waals surface area contributed by atoms with Crippen molar-refractivity contribution in [3.8, 4) is 28.1 Å². The second-order valence-corrected chi connectivity index (χ2v) is 8.55. The quantitative estimate of drug-likeness (QED) is 0.417. The normalized spacial score (nSPS) is 11.4. The van der Waals surface area contributed by atoms with Crippen molar-refractivity contribution in [2.45, 2.75) is 13.5 Å². The number of aromatic nitrogens is 4. The van der Waals surface area contributed by atoms with Gasteiger partial charge in [0.05, 0.1) is 31.5 Å². The summed E-state index contributed by atoms with van der Waals surface area (Å²) in [6.45, 7) is 2.26. The fourth-order valence-corrected chi connectivity index (χ4v) is 4.49. The van der Waals surface area contributed by atoms with Gasteiger partial charge in [0.25, 0.3) is 5.19 Å². The minimum atomic E-state index is 0.294. The topological polar surface area (TPSA) is 110 Å². The van der Waals surface area contributed by atoms with E-state index in [9.17, 15) is 0 Å². The highest BCUT2D eigenvalue weighted by Gasteiger charge is 2.19. The van der Waals surface area contributed by atoms with Crippen LogP contribution in [-0.4, -0.2) is 33.8 Å². The molecule has 0 atom stereocenters. The first kappa shape index (κ1) is 18.7. The van der Waals surface area contributed by atoms with E-state index in [-0.39, 0.29) is 0 Å². The van der Waals surface area contributed by atoms with Gasteiger partial charge in [0, 0.05) is 17.0 Å². The summed E-state index contributed by atoms with van der Waals surface area (Å²) in [7, 11) is 3.18. The average Bonchev–Trinajstić information content (AvgIpc) is 3.48. The van der Waals surface area contributed by atoms with Crippen LogP contribution in [0.1, 0.15) is 10.6 Å². The molecule has 0 saturated carbocycles. The number of ether oxygens (including phenoxy) is 3. The van der Waals surface area contributed by atoms with Crippen LogP contribution in [0.5, 0.6) is 16.7 Å². The number of fused-ring (bicyclic) bond motifs is 2. The molecule has 9 nitrogen and oxygen atoms in total. The van der Waals surface area contributed by atoms with E-state index >= 15 is 0 Å². The number of nitrogens with two attached hydrogens (primary N) is 1. The van der Waals surface area contributed by atoms with Crippen LogP contribution in [0.2, 0.25) is 0 Å². The summed E-state index contributed by atoms with van der Waals surface area (Å²) >= 11 is 2.79. The number of methoxy groups -OCH3 is 2. The van der Waals surface area contributed by atoms with E-state index in [2.05, 4.69) is 15.1 Å². The van der Waals surface area contributed by atoms with Gasteiger partial charge in [-0.05, 0) is 24.3 Å². The van der Waals surface area contributed by atoms with Crippen LogP contribution in [0.4, 0.5) is 5.13 Å². The average molecular weight is 444 g/mol. The van der Waals surface area contributed by atoms with Gasteiger partial charge < -0.3 is 24.4 Å². The molecule has 0 unspecified atom stereocenters. The van der Waals surface area contributed by atoms with Crippen LogP contribution in [0, 0.1) is 6.92 Å². The lowest BCUT2D eigenvalue weighted by molar-refractivity contribution is 0.303. The van der Waals surface area contributed by atoms with Gasteiger partial charge in [0.15, 0.2) is 10.9 Å². The van der Waals surface area contributed by atoms with Gasteiger partial charge in [-0.15, -0.1) is 16.4 Å². The maximum absolute atomic E-state index is 6.10. The van der Waals surface area contributed by atoms with Crippen molar-refractivity contribution in [1.82, 2.24) is 19.6 Å². The smallest absolute Gasteiger partial charge is 0.294 e. The number of thiazole rings is 1. The Labute approximate surface area is 178 Å². The zero-order chi connectivity index (χ0) is 20.8. The van der Waals surface area contributed by atoms with E-state index in [4.69, 9.17) is 24.4 Å². The number of hydrogen-bond donors (Lipinski definition) is 1. The maximum Gasteiger partial charge on any atom is 0.294 e. The molecular weight excluding hydrogens is 426 g/mol. The molecule has 0 aliphatic carbocycles. The third kappa shape index (κ3) is 3.12. The van der Waals surface area contributed by atoms with Gasteiger partial charge >= 0.3 is 0 Å². The molecule has 154 valence electrons. The Balaban J connectivity index is 1.56. The van der Waals surface area contributed by atoms with Gasteiger partial charge in [-0.1, -0.05) is 0 Å². The number of furan rings is 1. The largest absolute Gasteiger partial charge is 0.496 e. The highest BCUT2D eigenvalue weighted by atomic mass is 32.1. The van der Waals surface area contributed by atoms with Crippen molar-refractivity contribution in [3.05, 3.63) is 35.0 Å². The summed E-state index contributed by atoms with van der Waals surface area (Å²) in [4.78, 5) is 10.4. The number of nitrogen functional groups attached to an aromatic ring is 1. The molecule has 5 aromatic rings. The molecule has 4 aromatic heterocycles. The molecule has 1 aromatic carbocycles. The number of imidazole rings is 1. The molecule has 0 aliphatic rings. The van der Waals surface area contributed by atoms with Crippen LogP contribution in [-0.2, 0) is 6.61 Å². The standard InChI is InChI=1S/C19H17N5O4S2/c1-9-12(22-17(20)29-9)8-27-14-4-10(25-2)5-15-11(14)6-16(28-15)13-7-21-18-24(13)23-19(26-3)30-18/h4-7H,8H2,1-3H3,(H2,20,22). The molecule has 0 bridgehead atoms. The molecule has 11 heteroatoms. The molecule has 4 heterocycles. The molecule has 2 N–H and O–H groups in total. The summed E-state index contributed by atoms with van der Waals surface area (Å²) in [6.07, 6.45) is 1.72. The Morgan fingerprint density at radius 2 is 2.03 bits per heavy atom. The third-order valence-electron chi connectivity index (χ3n) is 4.58. The molecule has 5 rings (SSSR count). The van der Waals surface area contributed by atoms with E-state index in [1.54, 1.807) is 24.9 Å². The first-order valence-corrected chi connectivity index (χ1v) is 10.5. The maximum atomic E-state index is 6.10. The fraction of sp³-hybridized carbons (Fsp3) is 0.211. The molecule has 0 amide bonds. The summed E-state index contributed by atoms with van der Waals surface area (Å²) in [5.74, 6) is 1.86. The predicted octanol–water partition coefficient (Wildman–Crippen LogP) is 4.15. The van der Waals surface area contributed by atoms with E-state index in [1.165, 1.54) is 22.7 Å². The van der Waals surface area contributed by atoms with E-state index in [1.807, 2.05) is 25.1 Å². The van der Waals surface area contributed by atoms with Gasteiger partial charge in [0.2, 0.25) is 4.96 Å². The second kappa shape index (κ2) is 7.18. The number of nitrogens with zero attached hydrogens (tertiary/aromatic N) is 4. The monoisotopic (exact) mass is 443 g/mol. The van der Waals surface area contributed by atoms with Crippen molar-refractivity contribution in [2.24, 2.45) is 0 Å². The Morgan fingerprint density at radius 3 is 2.77 bits per heavy atom. The van der Waals surface area contributed by atoms with Crippen LogP contribution < -0.4 is 19.9 Å². The van der Waals surface area contributed by atoms with Crippen LogP contribution >= 0.6 is 22.7 Å². The van der Waals surface area contributed by atoms with E-state index in [0.717, 1.165) is 16.0 Å². The van der Waals surface area contributed by atoms with Gasteiger partial charge in [-0.3, -0.25) is 0 Å². The molecular formula is C19H17N5O4S2. The van der Waals surface area contributed by atoms with Crippen LogP contribution in [0.15, 0.2) is 28.8 Å². The highest BCUT2D eigenvalue weighted by Crippen LogP contribution is 2.38. The zero-order valence-electron chi connectivity index (χ0n) is 16.3. The van der Waals surface area contributed by atoms with Gasteiger partial charge in [-0.25, -0.2) is 9.97 Å². The SMILES string of the molecule is COc1cc(OCc2nc(N)sc2C)c2cc(-c3cnc4sc(OC)nn34)oc2c1. The van der Waals surface area contributed by atoms with E-state index < -0.39 is 0 Å². The van der Waals surface area contributed by atoms with E-state index in [0.29, 0.717) is 50.4 Å². The lowest BCUT2D eigenvalue weighted by Gasteiger charge is -2.08. The molecule has 30 heavy (non-hydrogen) atoms. The minimum absolute atomic E-state index is 0.294. The second-order valence-electron chi connectivity index (χ2n) is 6.40. The van der Waals surface area contributed by atoms with Crippen LogP contribution in [0.3, 0.4) is 0 Å². The number of rotatable bonds is 6. The molecule has 0 aliphatic heterocycles. The molecule has 0 spiro atoms. The Bertz CT molecular complexity index is 1370. The molecule has 0 fully saturated rings. The summed E-state index contributed by atoms with van der Waals surface area (Å²) in [5, 5.41) is 6.26. The fourth-order valence-electron chi connectivity index (χ4n) is 3.10. The summed E-state index contributed by atoms with van der Waals surface area (Å²) < 4.78 is 24.5. The molecule has 0 radical (unpaired) electrons. The number of benzene rings is 1. The van der Waals surface area contributed by atoms with Crippen molar-refractivity contribution < 1.29 is 18.6 Å². The van der Waals surface area contributed by atoms with Gasteiger partial charge in [-0.2, -0.15) is 4.52 Å². The van der Waals surface area contributed by atoms with Crippen molar-refractivity contribution in [2.75, 3.05) is 20.0 Å². The minimum Gasteiger partial charge on any atom is -0.496 e. The summed E-state index contributed by atoms with van der Waals surface area (Å²) in [5.41, 5.74) is 7.95. The lowest BCUT2D eigenvalue weighted by Crippen LogP contribution is -1.98. The summed E-state index contributed by atoms with van der Waals surface area (Å²) in [6, 6.07) is 5.55. The Morgan fingerprint density at radius 1 is 1.17 bits per heavy atom. The first-order valence-electron chi connectivity index (χ1n) is 8.91. The first-order chi connectivity index (χ1) is 14.6. The Hall–Kier alpha value is -3.31. The van der Waals surface area contributed by atoms with Crippen LogP contribution in [0.25, 0.3) is 27.4 Å². The Kier molecular flexibility index (Phi) is 4.48. The highest BCUT2D eigenvalue weighted by molar-refractivity contribution is 7.18. The predicted molar refractivity (Wildman–Crippen MR) is 115 cm³/mol. The van der Waals surface area contributed by atoms with Crippen molar-refractivity contribution >= 4 is 43.7 Å². The third-order valence-corrected chi connectivity index (χ3v) is 6.30. The number of anilines is 1. The molecule has 0 saturated heterocycles. The van der Waals surface area contributed by atoms with Crippen molar-refractivity contribution in [1.29, 1.82) is 0 Å². The number of hydrogen-bond acceptors (Lipinski definition) is 10. The lowest BCUT2D eigenvalue weighted by atomic mass is 10.2. The zero-order valence-corrected chi connectivity index (χ0v) is 18.0. The van der Waals surface area contributed by atoms with Gasteiger partial charge in [0.1, 0.15) is 29.4 Å². The number of aryl methyl sites for hydroxylation is 1. The van der Waals surface area contributed by atoms with Crippen molar-refractivity contribution in [3.63, 3.8) is 0 Å².